The quantitative estimate of drug-likeness (QED) is 0.408. The summed E-state index contributed by atoms with van der Waals surface area (Å²) < 4.78 is 14.2. The van der Waals surface area contributed by atoms with Gasteiger partial charge in [-0.15, -0.1) is 0 Å². The number of anilines is 1. The van der Waals surface area contributed by atoms with Crippen molar-refractivity contribution in [2.45, 2.75) is 32.4 Å². The Balaban J connectivity index is 1.74. The van der Waals surface area contributed by atoms with Gasteiger partial charge < -0.3 is 10.4 Å². The van der Waals surface area contributed by atoms with Crippen LogP contribution >= 0.6 is 11.6 Å². The second-order valence-electron chi connectivity index (χ2n) is 7.95. The van der Waals surface area contributed by atoms with Crippen molar-refractivity contribution in [2.24, 2.45) is 0 Å². The number of fused-ring (bicyclic) bond motifs is 1. The van der Waals surface area contributed by atoms with Gasteiger partial charge in [-0.2, -0.15) is 0 Å². The second kappa shape index (κ2) is 8.21. The Hall–Kier alpha value is -3.09. The molecule has 0 spiro atoms. The van der Waals surface area contributed by atoms with Crippen LogP contribution in [0.3, 0.4) is 0 Å². The van der Waals surface area contributed by atoms with Crippen LogP contribution in [0.4, 0.5) is 10.1 Å². The number of nitrogens with one attached hydrogen (secondary N) is 1. The van der Waals surface area contributed by atoms with Crippen molar-refractivity contribution in [3.63, 3.8) is 0 Å². The fourth-order valence-electron chi connectivity index (χ4n) is 3.41. The molecule has 0 aliphatic carbocycles. The van der Waals surface area contributed by atoms with Crippen LogP contribution in [0.2, 0.25) is 5.02 Å². The molecule has 0 saturated heterocycles. The highest BCUT2D eigenvalue weighted by Crippen LogP contribution is 2.35. The molecule has 1 unspecified atom stereocenters. The number of rotatable bonds is 5. The number of aromatic nitrogens is 3. The summed E-state index contributed by atoms with van der Waals surface area (Å²) in [5, 5.41) is 14.7. The molecule has 2 N–H and O–H groups in total. The van der Waals surface area contributed by atoms with Gasteiger partial charge in [0.1, 0.15) is 11.4 Å². The smallest absolute Gasteiger partial charge is 0.159 e. The van der Waals surface area contributed by atoms with E-state index in [-0.39, 0.29) is 11.9 Å². The van der Waals surface area contributed by atoms with Crippen molar-refractivity contribution in [1.29, 1.82) is 0 Å². The topological polar surface area (TPSA) is 70.9 Å². The Kier molecular flexibility index (Phi) is 5.60. The van der Waals surface area contributed by atoms with E-state index in [2.05, 4.69) is 20.3 Å². The zero-order valence-electron chi connectivity index (χ0n) is 17.4. The molecule has 4 rings (SSSR count). The first-order valence-corrected chi connectivity index (χ1v) is 10.3. The first-order chi connectivity index (χ1) is 14.7. The Morgan fingerprint density at radius 1 is 1.00 bits per heavy atom. The molecule has 4 aromatic rings. The Morgan fingerprint density at radius 3 is 2.39 bits per heavy atom. The average molecular weight is 437 g/mol. The third-order valence-corrected chi connectivity index (χ3v) is 5.37. The summed E-state index contributed by atoms with van der Waals surface area (Å²) in [6.45, 7) is 5.16. The van der Waals surface area contributed by atoms with Gasteiger partial charge in [-0.05, 0) is 44.5 Å². The summed E-state index contributed by atoms with van der Waals surface area (Å²) in [5.41, 5.74) is 2.54. The largest absolute Gasteiger partial charge is 0.382 e. The van der Waals surface area contributed by atoms with Crippen molar-refractivity contribution >= 4 is 28.2 Å². The van der Waals surface area contributed by atoms with Gasteiger partial charge in [0, 0.05) is 35.1 Å². The van der Waals surface area contributed by atoms with E-state index >= 15 is 0 Å². The molecule has 0 aliphatic heterocycles. The summed E-state index contributed by atoms with van der Waals surface area (Å²) >= 11 is 6.47. The van der Waals surface area contributed by atoms with Crippen LogP contribution in [0.5, 0.6) is 0 Å². The molecule has 0 aliphatic rings. The number of pyridine rings is 1. The van der Waals surface area contributed by atoms with Crippen LogP contribution in [0.1, 0.15) is 38.2 Å². The first-order valence-electron chi connectivity index (χ1n) is 9.88. The van der Waals surface area contributed by atoms with Crippen molar-refractivity contribution in [3.8, 4) is 11.1 Å². The lowest BCUT2D eigenvalue weighted by molar-refractivity contribution is 0.0687. The molecule has 2 heterocycles. The SMILES string of the molecule is CC(Nc1c(Cl)cnc2ccc(-c3cnc(C(C)(C)O)nc3)cc12)c1ccccc1F. The van der Waals surface area contributed by atoms with Crippen molar-refractivity contribution in [1.82, 2.24) is 15.0 Å². The van der Waals surface area contributed by atoms with Gasteiger partial charge >= 0.3 is 0 Å². The Bertz CT molecular complexity index is 1240. The molecule has 0 amide bonds. The van der Waals surface area contributed by atoms with Crippen LogP contribution in [0, 0.1) is 5.82 Å². The summed E-state index contributed by atoms with van der Waals surface area (Å²) in [6, 6.07) is 12.1. The number of hydrogen-bond donors (Lipinski definition) is 2. The number of benzene rings is 2. The van der Waals surface area contributed by atoms with Gasteiger partial charge in [0.15, 0.2) is 5.82 Å². The third kappa shape index (κ3) is 4.36. The number of aliphatic hydroxyl groups is 1. The van der Waals surface area contributed by atoms with Crippen LogP contribution in [-0.2, 0) is 5.60 Å². The Labute approximate surface area is 185 Å². The van der Waals surface area contributed by atoms with Gasteiger partial charge in [-0.1, -0.05) is 35.9 Å². The van der Waals surface area contributed by atoms with Crippen molar-refractivity contribution in [3.05, 3.63) is 83.3 Å². The highest BCUT2D eigenvalue weighted by atomic mass is 35.5. The van der Waals surface area contributed by atoms with Crippen LogP contribution in [0.25, 0.3) is 22.0 Å². The average Bonchev–Trinajstić information content (AvgIpc) is 2.75. The molecule has 0 radical (unpaired) electrons. The maximum atomic E-state index is 14.2. The minimum atomic E-state index is -1.11. The number of nitrogens with zero attached hydrogens (tertiary/aromatic N) is 3. The molecular weight excluding hydrogens is 415 g/mol. The molecule has 5 nitrogen and oxygen atoms in total. The fraction of sp³-hybridized carbons (Fsp3) is 0.208. The molecule has 158 valence electrons. The van der Waals surface area contributed by atoms with Gasteiger partial charge in [-0.25, -0.2) is 14.4 Å². The summed E-state index contributed by atoms with van der Waals surface area (Å²) in [4.78, 5) is 13.0. The lowest BCUT2D eigenvalue weighted by Gasteiger charge is -2.19. The third-order valence-electron chi connectivity index (χ3n) is 5.09. The highest BCUT2D eigenvalue weighted by molar-refractivity contribution is 6.34. The lowest BCUT2D eigenvalue weighted by atomic mass is 10.0. The standard InChI is InChI=1S/C24H22ClFN4O/c1-14(17-6-4-5-7-20(17)26)30-22-18-10-15(8-9-21(18)27-13-19(22)25)16-11-28-23(29-12-16)24(2,3)31/h4-14,31H,1-3H3,(H,27,30). The maximum absolute atomic E-state index is 14.2. The van der Waals surface area contributed by atoms with Gasteiger partial charge in [-0.3, -0.25) is 4.98 Å². The van der Waals surface area contributed by atoms with E-state index in [1.165, 1.54) is 6.07 Å². The van der Waals surface area contributed by atoms with E-state index in [1.807, 2.05) is 25.1 Å². The van der Waals surface area contributed by atoms with Crippen molar-refractivity contribution < 1.29 is 9.50 Å². The molecule has 0 saturated carbocycles. The minimum absolute atomic E-state index is 0.276. The monoisotopic (exact) mass is 436 g/mol. The zero-order chi connectivity index (χ0) is 22.2. The number of halogens is 2. The summed E-state index contributed by atoms with van der Waals surface area (Å²) in [5.74, 6) is 0.0736. The summed E-state index contributed by atoms with van der Waals surface area (Å²) in [7, 11) is 0. The fourth-order valence-corrected chi connectivity index (χ4v) is 3.61. The molecule has 2 aromatic carbocycles. The van der Waals surface area contributed by atoms with Crippen LogP contribution in [0.15, 0.2) is 61.1 Å². The van der Waals surface area contributed by atoms with E-state index in [0.717, 1.165) is 22.0 Å². The zero-order valence-corrected chi connectivity index (χ0v) is 18.2. The molecule has 2 aromatic heterocycles. The maximum Gasteiger partial charge on any atom is 0.159 e. The second-order valence-corrected chi connectivity index (χ2v) is 8.36. The normalized spacial score (nSPS) is 12.7. The first kappa shape index (κ1) is 21.2. The molecule has 1 atom stereocenters. The molecule has 0 fully saturated rings. The summed E-state index contributed by atoms with van der Waals surface area (Å²) in [6.07, 6.45) is 4.93. The molecular formula is C24H22ClFN4O. The van der Waals surface area contributed by atoms with Crippen LogP contribution in [-0.4, -0.2) is 20.1 Å². The lowest BCUT2D eigenvalue weighted by Crippen LogP contribution is -2.19. The highest BCUT2D eigenvalue weighted by Gasteiger charge is 2.19. The van der Waals surface area contributed by atoms with Gasteiger partial charge in [0.25, 0.3) is 0 Å². The van der Waals surface area contributed by atoms with E-state index in [1.54, 1.807) is 50.6 Å². The van der Waals surface area contributed by atoms with E-state index < -0.39 is 5.60 Å². The number of hydrogen-bond acceptors (Lipinski definition) is 5. The van der Waals surface area contributed by atoms with Gasteiger partial charge in [0.2, 0.25) is 0 Å². The van der Waals surface area contributed by atoms with E-state index in [9.17, 15) is 9.50 Å². The van der Waals surface area contributed by atoms with E-state index in [0.29, 0.717) is 22.1 Å². The predicted octanol–water partition coefficient (Wildman–Crippen LogP) is 5.88. The van der Waals surface area contributed by atoms with Crippen LogP contribution < -0.4 is 5.32 Å². The predicted molar refractivity (Wildman–Crippen MR) is 121 cm³/mol. The van der Waals surface area contributed by atoms with Crippen molar-refractivity contribution in [2.75, 3.05) is 5.32 Å². The van der Waals surface area contributed by atoms with Gasteiger partial charge in [0.05, 0.1) is 22.3 Å². The molecule has 7 heteroatoms. The minimum Gasteiger partial charge on any atom is -0.382 e. The Morgan fingerprint density at radius 2 is 1.71 bits per heavy atom. The van der Waals surface area contributed by atoms with E-state index in [4.69, 9.17) is 11.6 Å². The molecule has 31 heavy (non-hydrogen) atoms. The molecule has 0 bridgehead atoms.